The molecule has 5 heteroatoms. The van der Waals surface area contributed by atoms with Gasteiger partial charge in [0, 0.05) is 17.9 Å². The molecule has 0 saturated heterocycles. The van der Waals surface area contributed by atoms with Gasteiger partial charge in [-0.05, 0) is 109 Å². The molecule has 4 aliphatic carbocycles. The minimum absolute atomic E-state index is 0.0329. The first-order valence-corrected chi connectivity index (χ1v) is 21.9. The van der Waals surface area contributed by atoms with E-state index in [1.807, 2.05) is 0 Å². The third kappa shape index (κ3) is 8.00. The molecule has 0 aromatic heterocycles. The van der Waals surface area contributed by atoms with Gasteiger partial charge in [0.1, 0.15) is 0 Å². The molecule has 0 bridgehead atoms. The fourth-order valence-electron chi connectivity index (χ4n) is 12.8. The molecule has 7 rings (SSSR count). The molecule has 4 saturated carbocycles. The monoisotopic (exact) mass is 751 g/mol. The van der Waals surface area contributed by atoms with Crippen molar-refractivity contribution in [2.45, 2.75) is 143 Å². The van der Waals surface area contributed by atoms with Gasteiger partial charge in [-0.2, -0.15) is 0 Å². The van der Waals surface area contributed by atoms with E-state index in [9.17, 15) is 10.2 Å². The van der Waals surface area contributed by atoms with Gasteiger partial charge in [-0.1, -0.05) is 138 Å². The maximum absolute atomic E-state index is 11.9. The van der Waals surface area contributed by atoms with Crippen LogP contribution in [0.25, 0.3) is 0 Å². The molecule has 2 N–H and O–H groups in total. The summed E-state index contributed by atoms with van der Waals surface area (Å²) in [5, 5.41) is 21.8. The molecule has 0 aliphatic heterocycles. The number of aliphatic hydroxyl groups excluding tert-OH is 2. The lowest BCUT2D eigenvalue weighted by atomic mass is 9.40. The summed E-state index contributed by atoms with van der Waals surface area (Å²) < 4.78 is 22.5. The highest BCUT2D eigenvalue weighted by Gasteiger charge is 2.73. The van der Waals surface area contributed by atoms with Crippen LogP contribution >= 0.6 is 0 Å². The average Bonchev–Trinajstić information content (AvgIpc) is 3.56. The Morgan fingerprint density at radius 3 is 1.84 bits per heavy atom. The molecule has 300 valence electrons. The molecule has 0 amide bonds. The minimum atomic E-state index is -0.390. The van der Waals surface area contributed by atoms with E-state index in [0.29, 0.717) is 49.4 Å². The number of ether oxygens (including phenoxy) is 3. The highest BCUT2D eigenvalue weighted by Crippen LogP contribution is 2.72. The Hall–Kier alpha value is -2.54. The van der Waals surface area contributed by atoms with Crippen molar-refractivity contribution < 1.29 is 24.4 Å². The maximum atomic E-state index is 11.9. The second-order valence-corrected chi connectivity index (χ2v) is 19.0. The van der Waals surface area contributed by atoms with Crippen molar-refractivity contribution in [3.8, 4) is 0 Å². The van der Waals surface area contributed by atoms with Crippen LogP contribution in [0.2, 0.25) is 0 Å². The van der Waals surface area contributed by atoms with Gasteiger partial charge in [-0.25, -0.2) is 0 Å². The van der Waals surface area contributed by atoms with Crippen molar-refractivity contribution in [3.05, 3.63) is 108 Å². The van der Waals surface area contributed by atoms with Crippen molar-refractivity contribution in [1.29, 1.82) is 0 Å². The number of rotatable bonds is 16. The standard InChI is InChI=1S/C50H70O5/c1-35(2)40(26-30-51)31-44(52)36(3)41-24-25-42-45-47(54-33-38-19-11-7-12-20-38)46(53-32-37-17-9-6-10-18-37)43-23-15-16-27-49(43,5)50(45,29-28-48(41,42)4)55-34-39-21-13-8-14-22-39/h6-14,17-22,35-36,40-47,51-52H,15-16,23-34H2,1-5H3. The highest BCUT2D eigenvalue weighted by molar-refractivity contribution is 5.24. The second-order valence-electron chi connectivity index (χ2n) is 19.0. The number of aliphatic hydroxyl groups is 2. The Morgan fingerprint density at radius 1 is 0.673 bits per heavy atom. The third-order valence-corrected chi connectivity index (χ3v) is 15.9. The zero-order chi connectivity index (χ0) is 38.6. The molecular formula is C50H70O5. The summed E-state index contributed by atoms with van der Waals surface area (Å²) in [6.45, 7) is 13.8. The number of benzene rings is 3. The molecule has 0 radical (unpaired) electrons. The van der Waals surface area contributed by atoms with E-state index < -0.39 is 0 Å². The highest BCUT2D eigenvalue weighted by atomic mass is 16.5. The van der Waals surface area contributed by atoms with Crippen LogP contribution in [0, 0.1) is 52.3 Å². The summed E-state index contributed by atoms with van der Waals surface area (Å²) in [6, 6.07) is 32.2. The molecule has 4 fully saturated rings. The van der Waals surface area contributed by atoms with E-state index in [4.69, 9.17) is 14.2 Å². The SMILES string of the molecule is CC(C)C(CCO)CC(O)C(C)C1CCC2C3C(OCc4ccccc4)C(OCc4ccccc4)C4CCCCC4(C)C3(OCc3ccccc3)CCC12C. The minimum Gasteiger partial charge on any atom is -0.396 e. The Bertz CT molecular complexity index is 1610. The van der Waals surface area contributed by atoms with Crippen LogP contribution < -0.4 is 0 Å². The molecule has 3 aromatic rings. The largest absolute Gasteiger partial charge is 0.396 e. The van der Waals surface area contributed by atoms with Gasteiger partial charge in [-0.15, -0.1) is 0 Å². The molecule has 3 aromatic carbocycles. The van der Waals surface area contributed by atoms with Crippen LogP contribution in [0.1, 0.15) is 116 Å². The van der Waals surface area contributed by atoms with Gasteiger partial charge in [-0.3, -0.25) is 0 Å². The summed E-state index contributed by atoms with van der Waals surface area (Å²) >= 11 is 0. The van der Waals surface area contributed by atoms with Gasteiger partial charge < -0.3 is 24.4 Å². The van der Waals surface area contributed by atoms with Crippen LogP contribution in [-0.2, 0) is 34.0 Å². The average molecular weight is 751 g/mol. The van der Waals surface area contributed by atoms with E-state index in [2.05, 4.69) is 126 Å². The molecule has 5 nitrogen and oxygen atoms in total. The smallest absolute Gasteiger partial charge is 0.0903 e. The normalized spacial score (nSPS) is 34.7. The zero-order valence-electron chi connectivity index (χ0n) is 34.5. The Kier molecular flexibility index (Phi) is 13.0. The topological polar surface area (TPSA) is 68.2 Å². The summed E-state index contributed by atoms with van der Waals surface area (Å²) in [5.41, 5.74) is 3.22. The van der Waals surface area contributed by atoms with Gasteiger partial charge in [0.25, 0.3) is 0 Å². The summed E-state index contributed by atoms with van der Waals surface area (Å²) in [4.78, 5) is 0. The van der Waals surface area contributed by atoms with Gasteiger partial charge in [0.15, 0.2) is 0 Å². The van der Waals surface area contributed by atoms with Crippen molar-refractivity contribution in [1.82, 2.24) is 0 Å². The van der Waals surface area contributed by atoms with Crippen LogP contribution in [-0.4, -0.2) is 40.7 Å². The fourth-order valence-corrected chi connectivity index (χ4v) is 12.8. The van der Waals surface area contributed by atoms with Crippen LogP contribution in [0.15, 0.2) is 91.0 Å². The number of fused-ring (bicyclic) bond motifs is 5. The summed E-state index contributed by atoms with van der Waals surface area (Å²) in [6.07, 6.45) is 9.94. The van der Waals surface area contributed by atoms with Crippen molar-refractivity contribution in [2.24, 2.45) is 52.3 Å². The van der Waals surface area contributed by atoms with Crippen LogP contribution in [0.3, 0.4) is 0 Å². The molecule has 0 heterocycles. The van der Waals surface area contributed by atoms with Crippen molar-refractivity contribution in [3.63, 3.8) is 0 Å². The molecule has 55 heavy (non-hydrogen) atoms. The lowest BCUT2D eigenvalue weighted by Crippen LogP contribution is -2.74. The van der Waals surface area contributed by atoms with E-state index in [1.165, 1.54) is 29.5 Å². The predicted octanol–water partition coefficient (Wildman–Crippen LogP) is 10.8. The van der Waals surface area contributed by atoms with E-state index in [-0.39, 0.29) is 53.2 Å². The van der Waals surface area contributed by atoms with Crippen LogP contribution in [0.5, 0.6) is 0 Å². The zero-order valence-corrected chi connectivity index (χ0v) is 34.5. The van der Waals surface area contributed by atoms with Crippen molar-refractivity contribution in [2.75, 3.05) is 6.61 Å². The Balaban J connectivity index is 1.30. The first-order chi connectivity index (χ1) is 26.6. The van der Waals surface area contributed by atoms with Gasteiger partial charge in [0.2, 0.25) is 0 Å². The summed E-state index contributed by atoms with van der Waals surface area (Å²) in [5.74, 6) is 2.15. The molecule has 12 atom stereocenters. The van der Waals surface area contributed by atoms with E-state index in [1.54, 1.807) is 0 Å². The first-order valence-electron chi connectivity index (χ1n) is 21.9. The lowest BCUT2D eigenvalue weighted by Gasteiger charge is -2.70. The lowest BCUT2D eigenvalue weighted by molar-refractivity contribution is -0.327. The van der Waals surface area contributed by atoms with E-state index in [0.717, 1.165) is 51.4 Å². The third-order valence-electron chi connectivity index (χ3n) is 15.9. The number of hydrogen-bond acceptors (Lipinski definition) is 5. The maximum Gasteiger partial charge on any atom is 0.0903 e. The molecule has 12 unspecified atom stereocenters. The summed E-state index contributed by atoms with van der Waals surface area (Å²) in [7, 11) is 0. The predicted molar refractivity (Wildman–Crippen MR) is 221 cm³/mol. The first kappa shape index (κ1) is 40.6. The van der Waals surface area contributed by atoms with Gasteiger partial charge in [0.05, 0.1) is 43.7 Å². The van der Waals surface area contributed by atoms with E-state index >= 15 is 0 Å². The molecule has 4 aliphatic rings. The Morgan fingerprint density at radius 2 is 1.25 bits per heavy atom. The fraction of sp³-hybridized carbons (Fsp3) is 0.640. The Labute approximate surface area is 332 Å². The van der Waals surface area contributed by atoms with Crippen LogP contribution in [0.4, 0.5) is 0 Å². The second kappa shape index (κ2) is 17.5. The van der Waals surface area contributed by atoms with Gasteiger partial charge >= 0.3 is 0 Å². The van der Waals surface area contributed by atoms with Crippen molar-refractivity contribution >= 4 is 0 Å². The molecule has 0 spiro atoms. The quantitative estimate of drug-likeness (QED) is 0.153. The molecular weight excluding hydrogens is 681 g/mol. The number of hydrogen-bond donors (Lipinski definition) is 2.